The standard InChI is InChI=1S/C28H40N8O8/c1-15-12-23(39)43-20-13-16(7-8-17(15)20)34-25(41)18(6-5-11-32-26(30)31)35-22(38)14-33-24(40)19(9-10-21(29)37)36-27(42)44-28(2,3)4/h7-8,12-13,18-19H,5-6,9-11,14H2,1-4H3,(H2,29,37)(H,33,40)(H,34,41)(H,35,38)(H,36,42)(H4,30,31,32)/t18-,19-/m0/s1/i14+1,22+1,33+1. The summed E-state index contributed by atoms with van der Waals surface area (Å²) < 4.78 is 10.4. The first-order valence-electron chi connectivity index (χ1n) is 13.8. The molecule has 0 fully saturated rings. The van der Waals surface area contributed by atoms with Crippen molar-refractivity contribution in [3.8, 4) is 0 Å². The maximum atomic E-state index is 13.2. The van der Waals surface area contributed by atoms with E-state index in [1.165, 1.54) is 12.1 Å². The fourth-order valence-electron chi connectivity index (χ4n) is 3.95. The number of anilines is 1. The second-order valence-corrected chi connectivity index (χ2v) is 10.9. The van der Waals surface area contributed by atoms with E-state index in [0.29, 0.717) is 23.1 Å². The second kappa shape index (κ2) is 15.9. The summed E-state index contributed by atoms with van der Waals surface area (Å²) in [5.74, 6) is -2.89. The van der Waals surface area contributed by atoms with E-state index in [2.05, 4.69) is 26.3 Å². The largest absolute Gasteiger partial charge is 0.444 e. The van der Waals surface area contributed by atoms with E-state index in [0.717, 1.165) is 0 Å². The normalized spacial score (nSPS) is 12.4. The molecule has 16 heteroatoms. The number of alkyl carbamates (subject to hydrolysis) is 1. The molecule has 0 aliphatic heterocycles. The van der Waals surface area contributed by atoms with E-state index in [1.54, 1.807) is 39.8 Å². The number of nitrogens with two attached hydrogens (primary N) is 3. The van der Waals surface area contributed by atoms with Crippen molar-refractivity contribution in [3.05, 3.63) is 40.2 Å². The summed E-state index contributed by atoms with van der Waals surface area (Å²) in [6.45, 7) is 6.30. The molecular formula is C28H40N8O8. The zero-order valence-corrected chi connectivity index (χ0v) is 25.2. The van der Waals surface area contributed by atoms with Gasteiger partial charge in [0.05, 0.1) is 6.54 Å². The Bertz CT molecular complexity index is 1460. The van der Waals surface area contributed by atoms with Crippen LogP contribution < -0.4 is 44.1 Å². The Morgan fingerprint density at radius 2 is 1.66 bits per heavy atom. The second-order valence-electron chi connectivity index (χ2n) is 10.9. The highest BCUT2D eigenvalue weighted by molar-refractivity contribution is 5.99. The summed E-state index contributed by atoms with van der Waals surface area (Å²) in [5.41, 5.74) is 15.8. The van der Waals surface area contributed by atoms with Gasteiger partial charge in [-0.3, -0.25) is 24.2 Å². The Balaban J connectivity index is 2.10. The number of guanidine groups is 1. The molecule has 0 saturated heterocycles. The van der Waals surface area contributed by atoms with Crippen molar-refractivity contribution in [2.45, 2.75) is 71.1 Å². The molecule has 0 unspecified atom stereocenters. The fourth-order valence-corrected chi connectivity index (χ4v) is 3.95. The molecule has 240 valence electrons. The number of nitrogens with one attached hydrogen (secondary N) is 4. The smallest absolute Gasteiger partial charge is 0.408 e. The Kier molecular flexibility index (Phi) is 12.7. The van der Waals surface area contributed by atoms with Gasteiger partial charge in [-0.2, -0.15) is 0 Å². The first-order chi connectivity index (χ1) is 20.5. The quantitative estimate of drug-likeness (QED) is 0.0367. The predicted octanol–water partition coefficient (Wildman–Crippen LogP) is -0.147. The third kappa shape index (κ3) is 12.4. The van der Waals surface area contributed by atoms with Gasteiger partial charge in [0.1, 0.15) is 23.3 Å². The molecule has 0 saturated carbocycles. The lowest BCUT2D eigenvalue weighted by atomic mass is 10.1. The monoisotopic (exact) mass is 619 g/mol. The molecule has 10 N–H and O–H groups in total. The summed E-state index contributed by atoms with van der Waals surface area (Å²) in [6.07, 6.45) is -0.791. The number of benzene rings is 1. The number of carbonyl (C=O) groups excluding carboxylic acids is 5. The number of carbonyl (C=O) groups is 5. The Morgan fingerprint density at radius 3 is 2.30 bits per heavy atom. The summed E-state index contributed by atoms with van der Waals surface area (Å²) in [6, 6.07) is 3.86. The highest BCUT2D eigenvalue weighted by atomic mass is 16.6. The lowest BCUT2D eigenvalue weighted by molar-refractivity contribution is -0.129. The number of rotatable bonds is 14. The van der Waals surface area contributed by atoms with Gasteiger partial charge in [0, 0.05) is 36.2 Å². The molecule has 0 aliphatic carbocycles. The van der Waals surface area contributed by atoms with Crippen LogP contribution in [0.4, 0.5) is 10.5 Å². The number of primary amides is 1. The van der Waals surface area contributed by atoms with Crippen molar-refractivity contribution in [3.63, 3.8) is 0 Å². The minimum Gasteiger partial charge on any atom is -0.444 e. The van der Waals surface area contributed by atoms with E-state index in [9.17, 15) is 28.8 Å². The maximum absolute atomic E-state index is 13.2. The molecule has 0 aliphatic rings. The predicted molar refractivity (Wildman–Crippen MR) is 162 cm³/mol. The van der Waals surface area contributed by atoms with Gasteiger partial charge in [-0.25, -0.2) is 9.59 Å². The number of amides is 5. The first kappa shape index (κ1) is 35.0. The molecule has 0 bridgehead atoms. The average Bonchev–Trinajstić information content (AvgIpc) is 2.89. The van der Waals surface area contributed by atoms with Crippen LogP contribution in [0.25, 0.3) is 11.0 Å². The Hall–Kier alpha value is -5.15. The van der Waals surface area contributed by atoms with Crippen LogP contribution in [0.15, 0.2) is 38.5 Å². The molecule has 16 nitrogen and oxygen atoms in total. The van der Waals surface area contributed by atoms with E-state index >= 15 is 0 Å². The molecule has 2 atom stereocenters. The van der Waals surface area contributed by atoms with Gasteiger partial charge in [-0.05, 0) is 64.7 Å². The zero-order chi connectivity index (χ0) is 33.0. The molecule has 5 amide bonds. The zero-order valence-electron chi connectivity index (χ0n) is 25.2. The van der Waals surface area contributed by atoms with Crippen LogP contribution in [0.5, 0.6) is 0 Å². The molecule has 1 heterocycles. The molecule has 1 aromatic heterocycles. The number of ether oxygens (including phenoxy) is 1. The summed E-state index contributed by atoms with van der Waals surface area (Å²) in [7, 11) is 0. The fraction of sp³-hybridized carbons (Fsp3) is 0.464. The van der Waals surface area contributed by atoms with Crippen molar-refractivity contribution in [2.75, 3.05) is 18.4 Å². The number of aryl methyl sites for hydroxylation is 1. The van der Waals surface area contributed by atoms with Crippen molar-refractivity contribution in [1.29, 1.82) is 0 Å². The number of hydrogen-bond acceptors (Lipinski definition) is 9. The van der Waals surface area contributed by atoms with Crippen molar-refractivity contribution < 1.29 is 33.1 Å². The van der Waals surface area contributed by atoms with Crippen molar-refractivity contribution in [2.24, 2.45) is 22.2 Å². The van der Waals surface area contributed by atoms with E-state index < -0.39 is 59.6 Å². The van der Waals surface area contributed by atoms with Crippen LogP contribution in [0, 0.1) is 6.92 Å². The number of fused-ring (bicyclic) bond motifs is 1. The van der Waals surface area contributed by atoms with Crippen molar-refractivity contribution in [1.82, 2.24) is 16.0 Å². The van der Waals surface area contributed by atoms with Crippen LogP contribution in [0.3, 0.4) is 0 Å². The maximum Gasteiger partial charge on any atom is 0.408 e. The molecule has 0 radical (unpaired) electrons. The minimum absolute atomic E-state index is 0.128. The number of hydrogen-bond donors (Lipinski definition) is 7. The Labute approximate surface area is 253 Å². The van der Waals surface area contributed by atoms with Crippen LogP contribution >= 0.6 is 0 Å². The summed E-state index contributed by atoms with van der Waals surface area (Å²) in [5, 5.41) is 10.7. The van der Waals surface area contributed by atoms with Crippen LogP contribution in [0.2, 0.25) is 0 Å². The van der Waals surface area contributed by atoms with Crippen LogP contribution in [-0.4, -0.2) is 66.5 Å². The molecule has 2 rings (SSSR count). The summed E-state index contributed by atoms with van der Waals surface area (Å²) in [4.78, 5) is 77.9. The van der Waals surface area contributed by atoms with Gasteiger partial charge in [0.2, 0.25) is 23.6 Å². The molecular weight excluding hydrogens is 579 g/mol. The van der Waals surface area contributed by atoms with E-state index in [-0.39, 0.29) is 37.3 Å². The van der Waals surface area contributed by atoms with Gasteiger partial charge in [0.15, 0.2) is 5.96 Å². The summed E-state index contributed by atoms with van der Waals surface area (Å²) >= 11 is 0. The SMILES string of the molecule is Cc1cc(=O)oc2cc(NC(=O)[C@H](CCCN=C(N)N)N[13C](=O)[13CH2][15NH]C(=O)[C@H](CCC(N)=O)NC(=O)OC(C)(C)C)ccc12. The molecule has 0 spiro atoms. The van der Waals surface area contributed by atoms with Gasteiger partial charge >= 0.3 is 11.7 Å². The van der Waals surface area contributed by atoms with Gasteiger partial charge in [-0.15, -0.1) is 0 Å². The third-order valence-electron chi connectivity index (χ3n) is 5.93. The van der Waals surface area contributed by atoms with Gasteiger partial charge in [0.25, 0.3) is 0 Å². The van der Waals surface area contributed by atoms with E-state index in [4.69, 9.17) is 26.4 Å². The van der Waals surface area contributed by atoms with Crippen LogP contribution in [-0.2, 0) is 23.9 Å². The molecule has 44 heavy (non-hydrogen) atoms. The van der Waals surface area contributed by atoms with Gasteiger partial charge in [-0.1, -0.05) is 0 Å². The van der Waals surface area contributed by atoms with E-state index in [1.807, 2.05) is 0 Å². The minimum atomic E-state index is -1.22. The molecule has 2 aromatic rings. The third-order valence-corrected chi connectivity index (χ3v) is 5.93. The lowest BCUT2D eigenvalue weighted by Crippen LogP contribution is -2.52. The van der Waals surface area contributed by atoms with Crippen LogP contribution in [0.1, 0.15) is 52.0 Å². The number of aliphatic imine (C=N–C) groups is 1. The number of nitrogens with zero attached hydrogens (tertiary/aromatic N) is 1. The first-order valence-corrected chi connectivity index (χ1v) is 13.8. The highest BCUT2D eigenvalue weighted by Gasteiger charge is 2.26. The topological polar surface area (TPSA) is 263 Å². The Morgan fingerprint density at radius 1 is 0.977 bits per heavy atom. The highest BCUT2D eigenvalue weighted by Crippen LogP contribution is 2.21. The lowest BCUT2D eigenvalue weighted by Gasteiger charge is -2.23. The van der Waals surface area contributed by atoms with Gasteiger partial charge < -0.3 is 47.6 Å². The average molecular weight is 620 g/mol. The van der Waals surface area contributed by atoms with Crippen molar-refractivity contribution >= 4 is 52.3 Å². The molecule has 1 aromatic carbocycles.